The summed E-state index contributed by atoms with van der Waals surface area (Å²) in [5.41, 5.74) is 0. The predicted octanol–water partition coefficient (Wildman–Crippen LogP) is 2.15. The van der Waals surface area contributed by atoms with Gasteiger partial charge in [-0.05, 0) is 32.2 Å². The smallest absolute Gasteiger partial charge is 0.229 e. The van der Waals surface area contributed by atoms with Crippen LogP contribution < -0.4 is 5.32 Å². The van der Waals surface area contributed by atoms with Crippen molar-refractivity contribution in [3.63, 3.8) is 0 Å². The summed E-state index contributed by atoms with van der Waals surface area (Å²) in [6.45, 7) is 1.08. The lowest BCUT2D eigenvalue weighted by Gasteiger charge is -2.21. The minimum absolute atomic E-state index is 0.330. The molecule has 82 valence electrons. The molecule has 2 fully saturated rings. The molecular weight excluding hydrogens is 190 g/mol. The number of piperidine rings is 1. The van der Waals surface area contributed by atoms with Crippen LogP contribution in [-0.2, 0) is 0 Å². The minimum Gasteiger partial charge on any atom is -0.339 e. The molecule has 15 heavy (non-hydrogen) atoms. The lowest BCUT2D eigenvalue weighted by Crippen LogP contribution is -2.27. The zero-order chi connectivity index (χ0) is 10.1. The Morgan fingerprint density at radius 2 is 2.07 bits per heavy atom. The maximum atomic E-state index is 5.32. The normalized spacial score (nSPS) is 27.6. The van der Waals surface area contributed by atoms with Crippen LogP contribution in [0.15, 0.2) is 4.52 Å². The molecule has 0 spiro atoms. The summed E-state index contributed by atoms with van der Waals surface area (Å²) in [7, 11) is 0. The van der Waals surface area contributed by atoms with Crippen molar-refractivity contribution in [1.82, 2.24) is 15.5 Å². The van der Waals surface area contributed by atoms with E-state index in [1.807, 2.05) is 0 Å². The molecule has 1 aliphatic carbocycles. The van der Waals surface area contributed by atoms with E-state index in [4.69, 9.17) is 4.52 Å². The van der Waals surface area contributed by atoms with E-state index in [0.29, 0.717) is 12.0 Å². The standard InChI is InChI=1S/C11H17N3O/c1-2-7-12-9(6-1)10-13-11(15-14-10)8-4-3-5-8/h8-9,12H,1-7H2/t9-/m1/s1. The highest BCUT2D eigenvalue weighted by atomic mass is 16.5. The Hall–Kier alpha value is -0.900. The molecule has 3 rings (SSSR count). The van der Waals surface area contributed by atoms with Crippen molar-refractivity contribution in [1.29, 1.82) is 0 Å². The van der Waals surface area contributed by atoms with Gasteiger partial charge >= 0.3 is 0 Å². The molecule has 0 bridgehead atoms. The number of aromatic nitrogens is 2. The van der Waals surface area contributed by atoms with Gasteiger partial charge in [0, 0.05) is 5.92 Å². The van der Waals surface area contributed by atoms with Gasteiger partial charge in [-0.15, -0.1) is 0 Å². The first kappa shape index (κ1) is 9.33. The molecule has 4 nitrogen and oxygen atoms in total. The van der Waals surface area contributed by atoms with Gasteiger partial charge in [0.05, 0.1) is 6.04 Å². The molecule has 0 unspecified atom stereocenters. The SMILES string of the molecule is C1CC[C@H](c2noc(C3CCC3)n2)NC1. The van der Waals surface area contributed by atoms with Gasteiger partial charge in [0.25, 0.3) is 0 Å². The lowest BCUT2D eigenvalue weighted by atomic mass is 9.85. The first-order chi connectivity index (χ1) is 7.43. The summed E-state index contributed by atoms with van der Waals surface area (Å²) in [4.78, 5) is 4.52. The van der Waals surface area contributed by atoms with E-state index in [-0.39, 0.29) is 0 Å². The van der Waals surface area contributed by atoms with Crippen LogP contribution in [0.3, 0.4) is 0 Å². The Balaban J connectivity index is 1.71. The molecule has 0 radical (unpaired) electrons. The number of nitrogens with one attached hydrogen (secondary N) is 1. The molecule has 2 aliphatic rings. The van der Waals surface area contributed by atoms with E-state index < -0.39 is 0 Å². The molecule has 1 N–H and O–H groups in total. The molecule has 4 heteroatoms. The van der Waals surface area contributed by atoms with Crippen molar-refractivity contribution in [3.05, 3.63) is 11.7 Å². The van der Waals surface area contributed by atoms with E-state index in [1.165, 1.54) is 32.1 Å². The lowest BCUT2D eigenvalue weighted by molar-refractivity contribution is 0.288. The third-order valence-electron chi connectivity index (χ3n) is 3.53. The maximum absolute atomic E-state index is 5.32. The second-order valence-electron chi connectivity index (χ2n) is 4.62. The summed E-state index contributed by atoms with van der Waals surface area (Å²) < 4.78 is 5.32. The molecule has 1 atom stereocenters. The van der Waals surface area contributed by atoms with Crippen molar-refractivity contribution in [2.75, 3.05) is 6.54 Å². The maximum Gasteiger partial charge on any atom is 0.229 e. The van der Waals surface area contributed by atoms with Crippen molar-refractivity contribution >= 4 is 0 Å². The van der Waals surface area contributed by atoms with Crippen molar-refractivity contribution in [2.24, 2.45) is 0 Å². The predicted molar refractivity (Wildman–Crippen MR) is 55.5 cm³/mol. The first-order valence-electron chi connectivity index (χ1n) is 6.00. The zero-order valence-electron chi connectivity index (χ0n) is 8.91. The third kappa shape index (κ3) is 1.78. The molecule has 1 aromatic heterocycles. The van der Waals surface area contributed by atoms with Gasteiger partial charge in [-0.2, -0.15) is 4.98 Å². The van der Waals surface area contributed by atoms with Gasteiger partial charge in [-0.25, -0.2) is 0 Å². The van der Waals surface area contributed by atoms with Crippen molar-refractivity contribution in [3.8, 4) is 0 Å². The monoisotopic (exact) mass is 207 g/mol. The van der Waals surface area contributed by atoms with Gasteiger partial charge in [-0.3, -0.25) is 0 Å². The van der Waals surface area contributed by atoms with Crippen molar-refractivity contribution in [2.45, 2.75) is 50.5 Å². The number of rotatable bonds is 2. The number of nitrogens with zero attached hydrogens (tertiary/aromatic N) is 2. The molecule has 1 saturated heterocycles. The van der Waals surface area contributed by atoms with Crippen LogP contribution in [0.2, 0.25) is 0 Å². The average Bonchev–Trinajstić information content (AvgIpc) is 2.66. The summed E-state index contributed by atoms with van der Waals surface area (Å²) in [5.74, 6) is 2.29. The average molecular weight is 207 g/mol. The number of hydrogen-bond donors (Lipinski definition) is 1. The van der Waals surface area contributed by atoms with E-state index in [1.54, 1.807) is 0 Å². The van der Waals surface area contributed by atoms with Crippen molar-refractivity contribution < 1.29 is 4.52 Å². The molecule has 0 amide bonds. The molecular formula is C11H17N3O. The molecule has 1 saturated carbocycles. The second-order valence-corrected chi connectivity index (χ2v) is 4.62. The summed E-state index contributed by atoms with van der Waals surface area (Å²) in [5, 5.41) is 7.53. The molecule has 0 aromatic carbocycles. The molecule has 2 heterocycles. The Labute approximate surface area is 89.4 Å². The Morgan fingerprint density at radius 3 is 2.73 bits per heavy atom. The minimum atomic E-state index is 0.330. The summed E-state index contributed by atoms with van der Waals surface area (Å²) >= 11 is 0. The van der Waals surface area contributed by atoms with Gasteiger partial charge in [0.15, 0.2) is 5.82 Å². The van der Waals surface area contributed by atoms with E-state index in [0.717, 1.165) is 24.7 Å². The highest BCUT2D eigenvalue weighted by Crippen LogP contribution is 2.35. The fraction of sp³-hybridized carbons (Fsp3) is 0.818. The second kappa shape index (κ2) is 3.93. The van der Waals surface area contributed by atoms with Gasteiger partial charge in [0.2, 0.25) is 5.89 Å². The first-order valence-corrected chi connectivity index (χ1v) is 6.00. The Kier molecular flexibility index (Phi) is 2.44. The van der Waals surface area contributed by atoms with Crippen LogP contribution in [0.4, 0.5) is 0 Å². The highest BCUT2D eigenvalue weighted by molar-refractivity contribution is 5.01. The van der Waals surface area contributed by atoms with Crippen LogP contribution in [-0.4, -0.2) is 16.7 Å². The van der Waals surface area contributed by atoms with E-state index in [2.05, 4.69) is 15.5 Å². The van der Waals surface area contributed by atoms with Gasteiger partial charge in [0.1, 0.15) is 0 Å². The highest BCUT2D eigenvalue weighted by Gasteiger charge is 2.27. The third-order valence-corrected chi connectivity index (χ3v) is 3.53. The van der Waals surface area contributed by atoms with Crippen LogP contribution in [0.5, 0.6) is 0 Å². The Bertz CT molecular complexity index is 326. The molecule has 1 aliphatic heterocycles. The summed E-state index contributed by atoms with van der Waals surface area (Å²) in [6, 6.07) is 0.330. The van der Waals surface area contributed by atoms with Gasteiger partial charge in [-0.1, -0.05) is 18.0 Å². The van der Waals surface area contributed by atoms with Crippen LogP contribution in [0.25, 0.3) is 0 Å². The number of hydrogen-bond acceptors (Lipinski definition) is 4. The fourth-order valence-corrected chi connectivity index (χ4v) is 2.28. The van der Waals surface area contributed by atoms with Gasteiger partial charge < -0.3 is 9.84 Å². The largest absolute Gasteiger partial charge is 0.339 e. The van der Waals surface area contributed by atoms with Crippen LogP contribution in [0, 0.1) is 0 Å². The molecule has 1 aromatic rings. The van der Waals surface area contributed by atoms with Crippen LogP contribution >= 0.6 is 0 Å². The Morgan fingerprint density at radius 1 is 1.13 bits per heavy atom. The zero-order valence-corrected chi connectivity index (χ0v) is 8.91. The topological polar surface area (TPSA) is 51.0 Å². The van der Waals surface area contributed by atoms with E-state index in [9.17, 15) is 0 Å². The fourth-order valence-electron chi connectivity index (χ4n) is 2.28. The van der Waals surface area contributed by atoms with E-state index >= 15 is 0 Å². The quantitative estimate of drug-likeness (QED) is 0.807. The van der Waals surface area contributed by atoms with Crippen LogP contribution in [0.1, 0.15) is 62.2 Å². The summed E-state index contributed by atoms with van der Waals surface area (Å²) in [6.07, 6.45) is 7.43.